The Kier molecular flexibility index (Phi) is 8.28. The van der Waals surface area contributed by atoms with Gasteiger partial charge in [-0.25, -0.2) is 0 Å². The fourth-order valence-corrected chi connectivity index (χ4v) is 2.29. The van der Waals surface area contributed by atoms with E-state index in [0.717, 1.165) is 16.7 Å². The van der Waals surface area contributed by atoms with Gasteiger partial charge in [-0.3, -0.25) is 0 Å². The summed E-state index contributed by atoms with van der Waals surface area (Å²) in [4.78, 5) is 0. The van der Waals surface area contributed by atoms with Gasteiger partial charge in [-0.15, -0.1) is 0 Å². The smallest absolute Gasteiger partial charge is 0.183 e. The first-order valence-electron chi connectivity index (χ1n) is 7.50. The van der Waals surface area contributed by atoms with Crippen molar-refractivity contribution in [2.75, 3.05) is 0 Å². The van der Waals surface area contributed by atoms with Gasteiger partial charge in [-0.1, -0.05) is 58.3 Å². The van der Waals surface area contributed by atoms with Crippen molar-refractivity contribution in [3.63, 3.8) is 0 Å². The fourth-order valence-electron chi connectivity index (χ4n) is 2.29. The molecule has 0 N–H and O–H groups in total. The van der Waals surface area contributed by atoms with E-state index in [0.29, 0.717) is 0 Å². The third-order valence-electron chi connectivity index (χ3n) is 3.41. The molecular formula is C16H27NO. The van der Waals surface area contributed by atoms with Crippen molar-refractivity contribution in [1.29, 1.82) is 0 Å². The van der Waals surface area contributed by atoms with Crippen LogP contribution in [0.5, 0.6) is 0 Å². The van der Waals surface area contributed by atoms with Crippen LogP contribution in [-0.2, 0) is 6.42 Å². The minimum atomic E-state index is 0.892. The molecule has 0 spiro atoms. The molecule has 0 atom stereocenters. The molecule has 0 radical (unpaired) electrons. The van der Waals surface area contributed by atoms with Crippen LogP contribution in [0, 0.1) is 5.21 Å². The van der Waals surface area contributed by atoms with E-state index in [2.05, 4.69) is 6.92 Å². The van der Waals surface area contributed by atoms with Gasteiger partial charge in [0.15, 0.2) is 12.4 Å². The third kappa shape index (κ3) is 7.31. The van der Waals surface area contributed by atoms with E-state index in [1.165, 1.54) is 57.8 Å². The van der Waals surface area contributed by atoms with E-state index in [4.69, 9.17) is 0 Å². The number of hydrogen-bond donors (Lipinski definition) is 0. The molecule has 1 rings (SSSR count). The Balaban J connectivity index is 1.92. The first-order valence-corrected chi connectivity index (χ1v) is 7.50. The average molecular weight is 249 g/mol. The maximum atomic E-state index is 11.1. The number of hydrogen-bond acceptors (Lipinski definition) is 1. The second-order valence-electron chi connectivity index (χ2n) is 5.15. The number of aromatic nitrogens is 1. The second-order valence-corrected chi connectivity index (χ2v) is 5.15. The first kappa shape index (κ1) is 15.0. The zero-order valence-electron chi connectivity index (χ0n) is 11.7. The quantitative estimate of drug-likeness (QED) is 0.343. The van der Waals surface area contributed by atoms with Crippen molar-refractivity contribution in [1.82, 2.24) is 0 Å². The Morgan fingerprint density at radius 1 is 0.944 bits per heavy atom. The minimum absolute atomic E-state index is 0.892. The van der Waals surface area contributed by atoms with E-state index in [1.807, 2.05) is 12.1 Å². The summed E-state index contributed by atoms with van der Waals surface area (Å²) in [5.74, 6) is 0. The summed E-state index contributed by atoms with van der Waals surface area (Å²) in [7, 11) is 0. The molecular weight excluding hydrogens is 222 g/mol. The Labute approximate surface area is 112 Å². The Morgan fingerprint density at radius 2 is 1.56 bits per heavy atom. The predicted molar refractivity (Wildman–Crippen MR) is 76.3 cm³/mol. The van der Waals surface area contributed by atoms with Crippen LogP contribution >= 0.6 is 0 Å². The number of pyridine rings is 1. The molecule has 0 amide bonds. The van der Waals surface area contributed by atoms with Gasteiger partial charge in [0.1, 0.15) is 0 Å². The Morgan fingerprint density at radius 3 is 2.17 bits per heavy atom. The molecule has 2 nitrogen and oxygen atoms in total. The lowest BCUT2D eigenvalue weighted by Crippen LogP contribution is -2.24. The van der Waals surface area contributed by atoms with Crippen molar-refractivity contribution in [3.05, 3.63) is 35.3 Å². The predicted octanol–water partition coefficient (Wildman–Crippen LogP) is 4.39. The van der Waals surface area contributed by atoms with Gasteiger partial charge in [0.2, 0.25) is 0 Å². The van der Waals surface area contributed by atoms with Gasteiger partial charge in [-0.2, -0.15) is 4.73 Å². The van der Waals surface area contributed by atoms with E-state index >= 15 is 0 Å². The summed E-state index contributed by atoms with van der Waals surface area (Å²) in [6, 6.07) is 3.87. The normalized spacial score (nSPS) is 10.7. The fraction of sp³-hybridized carbons (Fsp3) is 0.688. The molecule has 0 aliphatic carbocycles. The average Bonchev–Trinajstić information content (AvgIpc) is 2.37. The maximum Gasteiger partial charge on any atom is 0.183 e. The van der Waals surface area contributed by atoms with Gasteiger partial charge < -0.3 is 5.21 Å². The molecule has 0 saturated heterocycles. The van der Waals surface area contributed by atoms with Crippen LogP contribution in [0.25, 0.3) is 0 Å². The lowest BCUT2D eigenvalue weighted by Gasteiger charge is -2.02. The molecule has 1 aromatic rings. The summed E-state index contributed by atoms with van der Waals surface area (Å²) in [5, 5.41) is 11.1. The molecule has 0 bridgehead atoms. The van der Waals surface area contributed by atoms with E-state index in [1.54, 1.807) is 12.4 Å². The van der Waals surface area contributed by atoms with Gasteiger partial charge in [0, 0.05) is 11.6 Å². The SMILES string of the molecule is CCCCCCCCCCCc1ccc[n+]([O-])c1. The summed E-state index contributed by atoms with van der Waals surface area (Å²) in [5.41, 5.74) is 1.16. The molecule has 0 saturated carbocycles. The second kappa shape index (κ2) is 9.93. The van der Waals surface area contributed by atoms with Gasteiger partial charge in [-0.05, 0) is 18.9 Å². The zero-order valence-corrected chi connectivity index (χ0v) is 11.7. The first-order chi connectivity index (χ1) is 8.83. The van der Waals surface area contributed by atoms with Crippen LogP contribution in [0.4, 0.5) is 0 Å². The zero-order chi connectivity index (χ0) is 13.1. The number of unbranched alkanes of at least 4 members (excludes halogenated alkanes) is 8. The highest BCUT2D eigenvalue weighted by atomic mass is 16.5. The topological polar surface area (TPSA) is 26.9 Å². The molecule has 0 fully saturated rings. The maximum absolute atomic E-state index is 11.1. The van der Waals surface area contributed by atoms with Crippen molar-refractivity contribution in [2.24, 2.45) is 0 Å². The molecule has 1 aromatic heterocycles. The highest BCUT2D eigenvalue weighted by Crippen LogP contribution is 2.11. The molecule has 2 heteroatoms. The standard InChI is InChI=1S/C16H27NO/c1-2-3-4-5-6-7-8-9-10-12-16-13-11-14-17(18)15-16/h11,13-15H,2-10,12H2,1H3. The number of nitrogens with zero attached hydrogens (tertiary/aromatic N) is 1. The largest absolute Gasteiger partial charge is 0.619 e. The molecule has 18 heavy (non-hydrogen) atoms. The Bertz CT molecular complexity index is 312. The van der Waals surface area contributed by atoms with E-state index in [-0.39, 0.29) is 0 Å². The van der Waals surface area contributed by atoms with Crippen LogP contribution in [0.3, 0.4) is 0 Å². The van der Waals surface area contributed by atoms with Gasteiger partial charge >= 0.3 is 0 Å². The van der Waals surface area contributed by atoms with Crippen LogP contribution in [0.1, 0.15) is 70.3 Å². The summed E-state index contributed by atoms with van der Waals surface area (Å²) in [6.07, 6.45) is 16.4. The van der Waals surface area contributed by atoms with Crippen molar-refractivity contribution >= 4 is 0 Å². The molecule has 0 aliphatic heterocycles. The highest BCUT2D eigenvalue weighted by molar-refractivity contribution is 5.05. The van der Waals surface area contributed by atoms with E-state index < -0.39 is 0 Å². The van der Waals surface area contributed by atoms with Crippen LogP contribution in [0.15, 0.2) is 24.5 Å². The van der Waals surface area contributed by atoms with E-state index in [9.17, 15) is 5.21 Å². The van der Waals surface area contributed by atoms with Crippen LogP contribution in [0.2, 0.25) is 0 Å². The van der Waals surface area contributed by atoms with Crippen molar-refractivity contribution in [3.8, 4) is 0 Å². The molecule has 0 aromatic carbocycles. The summed E-state index contributed by atoms with van der Waals surface area (Å²) < 4.78 is 0.892. The number of rotatable bonds is 10. The van der Waals surface area contributed by atoms with Crippen molar-refractivity contribution in [2.45, 2.75) is 71.1 Å². The molecule has 1 heterocycles. The molecule has 0 aliphatic rings. The summed E-state index contributed by atoms with van der Waals surface area (Å²) in [6.45, 7) is 2.26. The summed E-state index contributed by atoms with van der Waals surface area (Å²) >= 11 is 0. The van der Waals surface area contributed by atoms with Gasteiger partial charge in [0.25, 0.3) is 0 Å². The third-order valence-corrected chi connectivity index (χ3v) is 3.41. The lowest BCUT2D eigenvalue weighted by atomic mass is 10.0. The Hall–Kier alpha value is -1.05. The van der Waals surface area contributed by atoms with Gasteiger partial charge in [0.05, 0.1) is 0 Å². The molecule has 0 unspecified atom stereocenters. The minimum Gasteiger partial charge on any atom is -0.619 e. The highest BCUT2D eigenvalue weighted by Gasteiger charge is 1.97. The molecule has 102 valence electrons. The number of aryl methyl sites for hydroxylation is 1. The van der Waals surface area contributed by atoms with Crippen molar-refractivity contribution < 1.29 is 4.73 Å². The van der Waals surface area contributed by atoms with Crippen LogP contribution in [-0.4, -0.2) is 0 Å². The van der Waals surface area contributed by atoms with Crippen LogP contribution < -0.4 is 4.73 Å². The lowest BCUT2D eigenvalue weighted by molar-refractivity contribution is -0.605. The monoisotopic (exact) mass is 249 g/mol.